The summed E-state index contributed by atoms with van der Waals surface area (Å²) >= 11 is 0. The third-order valence-electron chi connectivity index (χ3n) is 4.93. The minimum atomic E-state index is -0.454. The molecule has 1 aromatic heterocycles. The lowest BCUT2D eigenvalue weighted by Gasteiger charge is -2.13. The minimum absolute atomic E-state index is 0.173. The van der Waals surface area contributed by atoms with Crippen molar-refractivity contribution in [3.63, 3.8) is 0 Å². The van der Waals surface area contributed by atoms with Gasteiger partial charge in [-0.25, -0.2) is 23.5 Å². The molecule has 0 saturated heterocycles. The zero-order chi connectivity index (χ0) is 20.9. The first-order chi connectivity index (χ1) is 13.4. The molecule has 0 bridgehead atoms. The van der Waals surface area contributed by atoms with Gasteiger partial charge in [0.15, 0.2) is 0 Å². The molecule has 0 spiro atoms. The fraction of sp³-hybridized carbons (Fsp3) is 0.850. The molecular formula is C20H37N3O5. The standard InChI is InChI=1S/C20H37N3O5/c1-4-6-9-12-17(24)14-16-23-20(27)21(3)19(26)22(23)15-11-8-7-10-13-18(25)28-5-2/h17,24H,4-16H2,1-3H3. The van der Waals surface area contributed by atoms with Gasteiger partial charge in [0, 0.05) is 26.6 Å². The SMILES string of the molecule is CCCCCC(O)CCn1c(=O)n(C)c(=O)n1CCCCCCC(=O)OCC. The van der Waals surface area contributed by atoms with Crippen molar-refractivity contribution in [1.82, 2.24) is 13.9 Å². The smallest absolute Gasteiger partial charge is 0.346 e. The first kappa shape index (κ1) is 24.2. The zero-order valence-electron chi connectivity index (χ0n) is 17.7. The predicted molar refractivity (Wildman–Crippen MR) is 108 cm³/mol. The largest absolute Gasteiger partial charge is 0.466 e. The van der Waals surface area contributed by atoms with Crippen LogP contribution in [0.1, 0.15) is 78.1 Å². The van der Waals surface area contributed by atoms with Gasteiger partial charge >= 0.3 is 17.3 Å². The number of carbonyl (C=O) groups is 1. The molecular weight excluding hydrogens is 362 g/mol. The lowest BCUT2D eigenvalue weighted by atomic mass is 10.1. The van der Waals surface area contributed by atoms with Crippen molar-refractivity contribution < 1.29 is 14.6 Å². The number of ether oxygens (including phenoxy) is 1. The van der Waals surface area contributed by atoms with Crippen LogP contribution in [0.25, 0.3) is 0 Å². The Balaban J connectivity index is 2.50. The topological polar surface area (TPSA) is 95.5 Å². The minimum Gasteiger partial charge on any atom is -0.466 e. The summed E-state index contributed by atoms with van der Waals surface area (Å²) in [5.74, 6) is -0.173. The van der Waals surface area contributed by atoms with Gasteiger partial charge in [0.25, 0.3) is 0 Å². The normalized spacial score (nSPS) is 12.3. The van der Waals surface area contributed by atoms with Crippen molar-refractivity contribution in [1.29, 1.82) is 0 Å². The Labute approximate surface area is 167 Å². The monoisotopic (exact) mass is 399 g/mol. The Kier molecular flexibility index (Phi) is 11.6. The van der Waals surface area contributed by atoms with E-state index >= 15 is 0 Å². The van der Waals surface area contributed by atoms with Gasteiger partial charge in [-0.2, -0.15) is 0 Å². The number of rotatable bonds is 15. The first-order valence-electron chi connectivity index (χ1n) is 10.6. The van der Waals surface area contributed by atoms with E-state index < -0.39 is 6.10 Å². The molecule has 1 heterocycles. The van der Waals surface area contributed by atoms with Crippen LogP contribution in [-0.2, 0) is 29.7 Å². The third-order valence-corrected chi connectivity index (χ3v) is 4.93. The van der Waals surface area contributed by atoms with Crippen LogP contribution in [0.5, 0.6) is 0 Å². The lowest BCUT2D eigenvalue weighted by molar-refractivity contribution is -0.143. The summed E-state index contributed by atoms with van der Waals surface area (Å²) in [7, 11) is 1.48. The number of hydrogen-bond donors (Lipinski definition) is 1. The number of unbranched alkanes of at least 4 members (excludes halogenated alkanes) is 5. The number of carbonyl (C=O) groups excluding carboxylic acids is 1. The maximum absolute atomic E-state index is 12.3. The molecule has 1 atom stereocenters. The number of aromatic nitrogens is 3. The van der Waals surface area contributed by atoms with Crippen LogP contribution in [0, 0.1) is 0 Å². The van der Waals surface area contributed by atoms with E-state index in [1.165, 1.54) is 16.4 Å². The summed E-state index contributed by atoms with van der Waals surface area (Å²) < 4.78 is 8.94. The molecule has 0 aliphatic rings. The molecule has 0 aliphatic carbocycles. The van der Waals surface area contributed by atoms with E-state index in [0.29, 0.717) is 32.5 Å². The van der Waals surface area contributed by atoms with Gasteiger partial charge in [0.05, 0.1) is 12.7 Å². The fourth-order valence-corrected chi connectivity index (χ4v) is 3.23. The van der Waals surface area contributed by atoms with Crippen LogP contribution in [-0.4, -0.2) is 37.7 Å². The highest BCUT2D eigenvalue weighted by molar-refractivity contribution is 5.69. The number of aliphatic hydroxyl groups excluding tert-OH is 1. The summed E-state index contributed by atoms with van der Waals surface area (Å²) in [6, 6.07) is 0. The second-order valence-corrected chi connectivity index (χ2v) is 7.28. The Morgan fingerprint density at radius 1 is 0.929 bits per heavy atom. The highest BCUT2D eigenvalue weighted by Gasteiger charge is 2.14. The van der Waals surface area contributed by atoms with Crippen LogP contribution < -0.4 is 11.4 Å². The summed E-state index contributed by atoms with van der Waals surface area (Å²) in [5, 5.41) is 10.1. The van der Waals surface area contributed by atoms with Gasteiger partial charge in [-0.3, -0.25) is 4.79 Å². The van der Waals surface area contributed by atoms with Gasteiger partial charge < -0.3 is 9.84 Å². The van der Waals surface area contributed by atoms with Gasteiger partial charge in [0.1, 0.15) is 0 Å². The summed E-state index contributed by atoms with van der Waals surface area (Å²) in [4.78, 5) is 36.0. The molecule has 0 saturated carbocycles. The molecule has 0 fully saturated rings. The molecule has 1 rings (SSSR count). The molecule has 8 heteroatoms. The van der Waals surface area contributed by atoms with Crippen molar-refractivity contribution in [2.75, 3.05) is 6.61 Å². The van der Waals surface area contributed by atoms with Gasteiger partial charge in [0.2, 0.25) is 0 Å². The van der Waals surface area contributed by atoms with Crippen molar-refractivity contribution in [3.8, 4) is 0 Å². The zero-order valence-corrected chi connectivity index (χ0v) is 17.7. The van der Waals surface area contributed by atoms with Crippen molar-refractivity contribution >= 4 is 5.97 Å². The Morgan fingerprint density at radius 3 is 2.21 bits per heavy atom. The van der Waals surface area contributed by atoms with Crippen molar-refractivity contribution in [2.24, 2.45) is 7.05 Å². The Hall–Kier alpha value is -1.83. The maximum Gasteiger partial charge on any atom is 0.346 e. The maximum atomic E-state index is 12.3. The number of aliphatic hydroxyl groups is 1. The number of hydrogen-bond acceptors (Lipinski definition) is 5. The van der Waals surface area contributed by atoms with E-state index in [1.807, 2.05) is 0 Å². The van der Waals surface area contributed by atoms with Crippen LogP contribution in [0.3, 0.4) is 0 Å². The molecule has 8 nitrogen and oxygen atoms in total. The van der Waals surface area contributed by atoms with E-state index in [4.69, 9.17) is 4.74 Å². The molecule has 0 aromatic carbocycles. The van der Waals surface area contributed by atoms with Gasteiger partial charge in [-0.05, 0) is 32.6 Å². The molecule has 0 amide bonds. The van der Waals surface area contributed by atoms with E-state index in [2.05, 4.69) is 6.92 Å². The van der Waals surface area contributed by atoms with Crippen LogP contribution >= 0.6 is 0 Å². The number of nitrogens with zero attached hydrogens (tertiary/aromatic N) is 3. The third kappa shape index (κ3) is 8.04. The first-order valence-corrected chi connectivity index (χ1v) is 10.6. The summed E-state index contributed by atoms with van der Waals surface area (Å²) in [6.45, 7) is 5.11. The van der Waals surface area contributed by atoms with Gasteiger partial charge in [-0.15, -0.1) is 0 Å². The second kappa shape index (κ2) is 13.4. The molecule has 28 heavy (non-hydrogen) atoms. The van der Waals surface area contributed by atoms with Crippen LogP contribution in [0.2, 0.25) is 0 Å². The number of esters is 1. The lowest BCUT2D eigenvalue weighted by Crippen LogP contribution is -2.28. The average Bonchev–Trinajstić information content (AvgIpc) is 2.87. The molecule has 0 aliphatic heterocycles. The fourth-order valence-electron chi connectivity index (χ4n) is 3.23. The molecule has 162 valence electrons. The van der Waals surface area contributed by atoms with Gasteiger partial charge in [-0.1, -0.05) is 39.0 Å². The van der Waals surface area contributed by atoms with E-state index in [1.54, 1.807) is 6.92 Å². The van der Waals surface area contributed by atoms with Crippen molar-refractivity contribution in [3.05, 3.63) is 21.0 Å². The Bertz CT molecular complexity index is 689. The second-order valence-electron chi connectivity index (χ2n) is 7.28. The Morgan fingerprint density at radius 2 is 1.57 bits per heavy atom. The molecule has 1 N–H and O–H groups in total. The van der Waals surface area contributed by atoms with Crippen molar-refractivity contribution in [2.45, 2.75) is 97.2 Å². The highest BCUT2D eigenvalue weighted by Crippen LogP contribution is 2.08. The van der Waals surface area contributed by atoms with Crippen LogP contribution in [0.4, 0.5) is 0 Å². The summed E-state index contributed by atoms with van der Waals surface area (Å²) in [5.41, 5.74) is -0.662. The highest BCUT2D eigenvalue weighted by atomic mass is 16.5. The van der Waals surface area contributed by atoms with E-state index in [9.17, 15) is 19.5 Å². The quantitative estimate of drug-likeness (QED) is 0.360. The summed E-state index contributed by atoms with van der Waals surface area (Å²) in [6.07, 6.45) is 7.57. The average molecular weight is 400 g/mol. The van der Waals surface area contributed by atoms with E-state index in [0.717, 1.165) is 55.9 Å². The van der Waals surface area contributed by atoms with Crippen LogP contribution in [0.15, 0.2) is 9.59 Å². The van der Waals surface area contributed by atoms with E-state index in [-0.39, 0.29) is 17.3 Å². The predicted octanol–water partition coefficient (Wildman–Crippen LogP) is 2.19. The molecule has 1 aromatic rings. The molecule has 1 unspecified atom stereocenters. The molecule has 0 radical (unpaired) electrons.